The van der Waals surface area contributed by atoms with Gasteiger partial charge in [0.05, 0.1) is 0 Å². The molecule has 3 rings (SSSR count). The van der Waals surface area contributed by atoms with E-state index in [1.165, 1.54) is 37.2 Å². The quantitative estimate of drug-likeness (QED) is 0.889. The monoisotopic (exact) mass is 292 g/mol. The van der Waals surface area contributed by atoms with Crippen LogP contribution < -0.4 is 5.32 Å². The number of hydrogen-bond acceptors (Lipinski definition) is 3. The summed E-state index contributed by atoms with van der Waals surface area (Å²) in [5.74, 6) is 1.69. The molecule has 112 valence electrons. The molecule has 1 aromatic rings. The van der Waals surface area contributed by atoms with Gasteiger partial charge in [-0.2, -0.15) is 0 Å². The van der Waals surface area contributed by atoms with Crippen LogP contribution in [0.4, 0.5) is 0 Å². The van der Waals surface area contributed by atoms with Crippen LogP contribution in [0.2, 0.25) is 0 Å². The molecular formula is C17H28N2S. The van der Waals surface area contributed by atoms with Crippen LogP contribution in [0.5, 0.6) is 0 Å². The Morgan fingerprint density at radius 3 is 2.85 bits per heavy atom. The lowest BCUT2D eigenvalue weighted by Crippen LogP contribution is -2.64. The van der Waals surface area contributed by atoms with Gasteiger partial charge in [0.1, 0.15) is 0 Å². The minimum Gasteiger partial charge on any atom is -0.311 e. The molecule has 0 bridgehead atoms. The molecule has 1 N–H and O–H groups in total. The van der Waals surface area contributed by atoms with E-state index in [1.54, 1.807) is 0 Å². The van der Waals surface area contributed by atoms with Crippen molar-refractivity contribution in [1.29, 1.82) is 0 Å². The molecule has 3 heteroatoms. The van der Waals surface area contributed by atoms with Gasteiger partial charge >= 0.3 is 0 Å². The number of thiophene rings is 1. The molecule has 1 aliphatic heterocycles. The van der Waals surface area contributed by atoms with Crippen molar-refractivity contribution in [2.45, 2.75) is 58.2 Å². The Bertz CT molecular complexity index is 424. The fourth-order valence-corrected chi connectivity index (χ4v) is 4.39. The van der Waals surface area contributed by atoms with Crippen LogP contribution in [0, 0.1) is 11.8 Å². The number of piperazine rings is 1. The first-order valence-electron chi connectivity index (χ1n) is 8.09. The van der Waals surface area contributed by atoms with Crippen molar-refractivity contribution < 1.29 is 0 Å². The van der Waals surface area contributed by atoms with Gasteiger partial charge in [0, 0.05) is 36.1 Å². The molecule has 2 nitrogen and oxygen atoms in total. The second kappa shape index (κ2) is 5.78. The minimum atomic E-state index is 0.372. The Balaban J connectivity index is 1.72. The summed E-state index contributed by atoms with van der Waals surface area (Å²) in [4.78, 5) is 4.29. The van der Waals surface area contributed by atoms with Crippen molar-refractivity contribution in [3.05, 3.63) is 22.4 Å². The lowest BCUT2D eigenvalue weighted by atomic mass is 9.88. The third kappa shape index (κ3) is 3.10. The van der Waals surface area contributed by atoms with Crippen LogP contribution in [0.15, 0.2) is 17.5 Å². The Hall–Kier alpha value is -0.380. The lowest BCUT2D eigenvalue weighted by molar-refractivity contribution is 0.0246. The van der Waals surface area contributed by atoms with Crippen molar-refractivity contribution >= 4 is 11.3 Å². The zero-order valence-electron chi connectivity index (χ0n) is 13.1. The summed E-state index contributed by atoms with van der Waals surface area (Å²) in [6, 6.07) is 5.14. The molecule has 20 heavy (non-hydrogen) atoms. The van der Waals surface area contributed by atoms with Crippen molar-refractivity contribution in [3.63, 3.8) is 0 Å². The molecule has 0 radical (unpaired) electrons. The van der Waals surface area contributed by atoms with E-state index in [-0.39, 0.29) is 0 Å². The number of nitrogens with one attached hydrogen (secondary N) is 1. The third-order valence-corrected chi connectivity index (χ3v) is 5.91. The number of rotatable bonds is 5. The van der Waals surface area contributed by atoms with Crippen LogP contribution >= 0.6 is 11.3 Å². The van der Waals surface area contributed by atoms with Gasteiger partial charge in [-0.1, -0.05) is 19.9 Å². The Kier molecular flexibility index (Phi) is 4.21. The predicted molar refractivity (Wildman–Crippen MR) is 87.1 cm³/mol. The zero-order chi connectivity index (χ0) is 14.2. The molecule has 0 amide bonds. The minimum absolute atomic E-state index is 0.372. The molecule has 1 saturated heterocycles. The van der Waals surface area contributed by atoms with Crippen molar-refractivity contribution in [1.82, 2.24) is 10.2 Å². The molecule has 1 aromatic heterocycles. The molecular weight excluding hydrogens is 264 g/mol. The Morgan fingerprint density at radius 1 is 1.45 bits per heavy atom. The molecule has 2 atom stereocenters. The normalized spacial score (nSPS) is 31.9. The summed E-state index contributed by atoms with van der Waals surface area (Å²) >= 11 is 1.90. The molecule has 2 fully saturated rings. The summed E-state index contributed by atoms with van der Waals surface area (Å²) in [5.41, 5.74) is 0.372. The van der Waals surface area contributed by atoms with Gasteiger partial charge in [0.25, 0.3) is 0 Å². The van der Waals surface area contributed by atoms with Gasteiger partial charge < -0.3 is 5.32 Å². The maximum Gasteiger partial charge on any atom is 0.0338 e. The molecule has 1 aliphatic carbocycles. The highest BCUT2D eigenvalue weighted by atomic mass is 32.1. The summed E-state index contributed by atoms with van der Waals surface area (Å²) < 4.78 is 0. The SMILES string of the molecule is CC(C)CC1CN(Cc2cccs2)C(C)(C2CC2)CN1. The fraction of sp³-hybridized carbons (Fsp3) is 0.765. The maximum atomic E-state index is 3.83. The highest BCUT2D eigenvalue weighted by molar-refractivity contribution is 7.09. The van der Waals surface area contributed by atoms with Crippen LogP contribution in [0.25, 0.3) is 0 Å². The van der Waals surface area contributed by atoms with E-state index in [1.807, 2.05) is 11.3 Å². The zero-order valence-corrected chi connectivity index (χ0v) is 13.9. The van der Waals surface area contributed by atoms with Crippen LogP contribution in [0.1, 0.15) is 44.9 Å². The highest BCUT2D eigenvalue weighted by Crippen LogP contribution is 2.44. The maximum absolute atomic E-state index is 3.83. The van der Waals surface area contributed by atoms with E-state index in [0.717, 1.165) is 18.4 Å². The van der Waals surface area contributed by atoms with E-state index in [2.05, 4.69) is 48.5 Å². The largest absolute Gasteiger partial charge is 0.311 e. The van der Waals surface area contributed by atoms with Crippen LogP contribution in [-0.2, 0) is 6.54 Å². The number of hydrogen-bond donors (Lipinski definition) is 1. The average molecular weight is 292 g/mol. The summed E-state index contributed by atoms with van der Waals surface area (Å²) in [7, 11) is 0. The van der Waals surface area contributed by atoms with Crippen LogP contribution in [0.3, 0.4) is 0 Å². The predicted octanol–water partition coefficient (Wildman–Crippen LogP) is 3.74. The van der Waals surface area contributed by atoms with E-state index in [0.29, 0.717) is 11.6 Å². The van der Waals surface area contributed by atoms with Crippen molar-refractivity contribution in [3.8, 4) is 0 Å². The van der Waals surface area contributed by atoms with E-state index in [9.17, 15) is 0 Å². The van der Waals surface area contributed by atoms with E-state index < -0.39 is 0 Å². The average Bonchev–Trinajstić information content (AvgIpc) is 3.13. The Morgan fingerprint density at radius 2 is 2.25 bits per heavy atom. The number of nitrogens with zero attached hydrogens (tertiary/aromatic N) is 1. The van der Waals surface area contributed by atoms with Gasteiger partial charge in [-0.25, -0.2) is 0 Å². The standard InChI is InChI=1S/C17H28N2S/c1-13(2)9-15-10-19(11-16-5-4-8-20-16)17(3,12-18-15)14-6-7-14/h4-5,8,13-15,18H,6-7,9-12H2,1-3H3. The van der Waals surface area contributed by atoms with Crippen molar-refractivity contribution in [2.24, 2.45) is 11.8 Å². The first kappa shape index (κ1) is 14.6. The summed E-state index contributed by atoms with van der Waals surface area (Å²) in [6.07, 6.45) is 4.14. The smallest absolute Gasteiger partial charge is 0.0338 e. The van der Waals surface area contributed by atoms with E-state index >= 15 is 0 Å². The molecule has 2 aliphatic rings. The molecule has 2 unspecified atom stereocenters. The Labute approximate surface area is 127 Å². The van der Waals surface area contributed by atoms with Gasteiger partial charge in [-0.05, 0) is 49.5 Å². The topological polar surface area (TPSA) is 15.3 Å². The second-order valence-electron chi connectivity index (χ2n) is 7.30. The summed E-state index contributed by atoms with van der Waals surface area (Å²) in [6.45, 7) is 10.7. The van der Waals surface area contributed by atoms with Gasteiger partial charge in [-0.15, -0.1) is 11.3 Å². The first-order chi connectivity index (χ1) is 9.58. The molecule has 0 aromatic carbocycles. The van der Waals surface area contributed by atoms with Gasteiger partial charge in [0.15, 0.2) is 0 Å². The van der Waals surface area contributed by atoms with Crippen LogP contribution in [-0.4, -0.2) is 29.6 Å². The van der Waals surface area contributed by atoms with Gasteiger partial charge in [0.2, 0.25) is 0 Å². The third-order valence-electron chi connectivity index (χ3n) is 5.05. The fourth-order valence-electron chi connectivity index (χ4n) is 3.67. The van der Waals surface area contributed by atoms with Gasteiger partial charge in [-0.3, -0.25) is 4.90 Å². The molecule has 0 spiro atoms. The van der Waals surface area contributed by atoms with E-state index in [4.69, 9.17) is 0 Å². The van der Waals surface area contributed by atoms with Crippen molar-refractivity contribution in [2.75, 3.05) is 13.1 Å². The summed E-state index contributed by atoms with van der Waals surface area (Å²) in [5, 5.41) is 6.04. The highest BCUT2D eigenvalue weighted by Gasteiger charge is 2.48. The molecule has 2 heterocycles. The second-order valence-corrected chi connectivity index (χ2v) is 8.33. The first-order valence-corrected chi connectivity index (χ1v) is 8.96. The lowest BCUT2D eigenvalue weighted by Gasteiger charge is -2.49. The molecule has 1 saturated carbocycles.